The van der Waals surface area contributed by atoms with Crippen molar-refractivity contribution in [2.45, 2.75) is 38.6 Å². The van der Waals surface area contributed by atoms with Crippen LogP contribution in [0.2, 0.25) is 0 Å². The van der Waals surface area contributed by atoms with E-state index in [0.717, 1.165) is 19.3 Å². The summed E-state index contributed by atoms with van der Waals surface area (Å²) in [7, 11) is 0. The van der Waals surface area contributed by atoms with E-state index in [1.54, 1.807) is 0 Å². The first-order valence-electron chi connectivity index (χ1n) is 4.40. The summed E-state index contributed by atoms with van der Waals surface area (Å²) < 4.78 is 0. The quantitative estimate of drug-likeness (QED) is 0.600. The van der Waals surface area contributed by atoms with Gasteiger partial charge in [-0.2, -0.15) is 5.10 Å². The molecular formula is C9H15N3. The van der Waals surface area contributed by atoms with Crippen molar-refractivity contribution < 1.29 is 0 Å². The van der Waals surface area contributed by atoms with Gasteiger partial charge in [0.15, 0.2) is 0 Å². The third-order valence-electron chi connectivity index (χ3n) is 2.67. The Labute approximate surface area is 72.4 Å². The highest BCUT2D eigenvalue weighted by Crippen LogP contribution is 2.26. The molecule has 0 radical (unpaired) electrons. The van der Waals surface area contributed by atoms with E-state index in [4.69, 9.17) is 5.73 Å². The normalized spacial score (nSPS) is 28.6. The van der Waals surface area contributed by atoms with E-state index in [9.17, 15) is 0 Å². The zero-order valence-electron chi connectivity index (χ0n) is 7.65. The van der Waals surface area contributed by atoms with Crippen LogP contribution in [-0.2, 0) is 12.8 Å². The molecule has 0 spiro atoms. The Morgan fingerprint density at radius 2 is 2.33 bits per heavy atom. The van der Waals surface area contributed by atoms with Crippen LogP contribution >= 0.6 is 0 Å². The fourth-order valence-electron chi connectivity index (χ4n) is 1.84. The zero-order valence-corrected chi connectivity index (χ0v) is 7.65. The number of aromatic nitrogens is 2. The summed E-state index contributed by atoms with van der Waals surface area (Å²) >= 11 is 0. The first kappa shape index (κ1) is 7.80. The second-order valence-electron chi connectivity index (χ2n) is 4.10. The summed E-state index contributed by atoms with van der Waals surface area (Å²) in [4.78, 5) is 0. The average molecular weight is 165 g/mol. The predicted molar refractivity (Wildman–Crippen MR) is 47.9 cm³/mol. The molecule has 1 heterocycles. The fourth-order valence-corrected chi connectivity index (χ4v) is 1.84. The minimum Gasteiger partial charge on any atom is -0.325 e. The highest BCUT2D eigenvalue weighted by atomic mass is 15.1. The molecule has 2 rings (SSSR count). The van der Waals surface area contributed by atoms with E-state index in [1.807, 2.05) is 0 Å². The summed E-state index contributed by atoms with van der Waals surface area (Å²) in [6.07, 6.45) is 3.03. The highest BCUT2D eigenvalue weighted by Gasteiger charge is 2.28. The van der Waals surface area contributed by atoms with Crippen LogP contribution < -0.4 is 5.73 Å². The maximum Gasteiger partial charge on any atom is 0.0658 e. The fraction of sp³-hybridized carbons (Fsp3) is 0.667. The Morgan fingerprint density at radius 3 is 3.08 bits per heavy atom. The Balaban J connectivity index is 2.38. The lowest BCUT2D eigenvalue weighted by Gasteiger charge is -2.28. The molecular weight excluding hydrogens is 150 g/mol. The molecule has 1 aliphatic carbocycles. The van der Waals surface area contributed by atoms with Crippen LogP contribution in [0.3, 0.4) is 0 Å². The van der Waals surface area contributed by atoms with Crippen molar-refractivity contribution in [1.29, 1.82) is 0 Å². The molecule has 0 saturated heterocycles. The van der Waals surface area contributed by atoms with Gasteiger partial charge in [0, 0.05) is 11.2 Å². The highest BCUT2D eigenvalue weighted by molar-refractivity contribution is 5.29. The Kier molecular flexibility index (Phi) is 1.51. The van der Waals surface area contributed by atoms with Crippen LogP contribution in [0.1, 0.15) is 30.3 Å². The second-order valence-corrected chi connectivity index (χ2v) is 4.10. The lowest BCUT2D eigenvalue weighted by molar-refractivity contribution is 0.406. The van der Waals surface area contributed by atoms with Gasteiger partial charge in [0.25, 0.3) is 0 Å². The first-order valence-corrected chi connectivity index (χ1v) is 4.40. The summed E-state index contributed by atoms with van der Waals surface area (Å²) in [6.45, 7) is 4.18. The van der Waals surface area contributed by atoms with E-state index in [2.05, 4.69) is 24.0 Å². The third kappa shape index (κ3) is 1.14. The average Bonchev–Trinajstić information content (AvgIpc) is 2.31. The van der Waals surface area contributed by atoms with Crippen molar-refractivity contribution in [3.05, 3.63) is 17.0 Å². The molecule has 0 aliphatic heterocycles. The molecule has 1 aromatic heterocycles. The topological polar surface area (TPSA) is 54.7 Å². The number of nitrogens with zero attached hydrogens (tertiary/aromatic N) is 1. The van der Waals surface area contributed by atoms with E-state index >= 15 is 0 Å². The van der Waals surface area contributed by atoms with E-state index < -0.39 is 0 Å². The molecule has 3 N–H and O–H groups in total. The lowest BCUT2D eigenvalue weighted by Crippen LogP contribution is -2.41. The number of nitrogens with two attached hydrogens (primary N) is 1. The smallest absolute Gasteiger partial charge is 0.0658 e. The number of fused-ring (bicyclic) bond motifs is 1. The van der Waals surface area contributed by atoms with Crippen molar-refractivity contribution in [3.63, 3.8) is 0 Å². The molecule has 0 fully saturated rings. The largest absolute Gasteiger partial charge is 0.325 e. The Bertz CT molecular complexity index is 299. The van der Waals surface area contributed by atoms with E-state index in [1.165, 1.54) is 17.0 Å². The summed E-state index contributed by atoms with van der Waals surface area (Å²) in [6, 6.07) is 0. The van der Waals surface area contributed by atoms with Gasteiger partial charge in [-0.05, 0) is 38.7 Å². The Morgan fingerprint density at radius 1 is 1.58 bits per heavy atom. The molecule has 0 saturated carbocycles. The SMILES string of the molecule is Cc1[nH]nc2c1CC(C)(N)CC2. The summed E-state index contributed by atoms with van der Waals surface area (Å²) in [5.41, 5.74) is 9.79. The van der Waals surface area contributed by atoms with Crippen LogP contribution in [0, 0.1) is 6.92 Å². The molecule has 3 nitrogen and oxygen atoms in total. The van der Waals surface area contributed by atoms with Crippen LogP contribution in [0.25, 0.3) is 0 Å². The predicted octanol–water partition coefficient (Wildman–Crippen LogP) is 0.924. The monoisotopic (exact) mass is 165 g/mol. The number of hydrogen-bond acceptors (Lipinski definition) is 2. The molecule has 12 heavy (non-hydrogen) atoms. The number of H-pyrrole nitrogens is 1. The number of aromatic amines is 1. The summed E-state index contributed by atoms with van der Waals surface area (Å²) in [5.74, 6) is 0. The van der Waals surface area contributed by atoms with Crippen molar-refractivity contribution >= 4 is 0 Å². The minimum absolute atomic E-state index is 0.0262. The number of aryl methyl sites for hydroxylation is 2. The minimum atomic E-state index is -0.0262. The lowest BCUT2D eigenvalue weighted by atomic mass is 9.82. The number of rotatable bonds is 0. The van der Waals surface area contributed by atoms with E-state index in [-0.39, 0.29) is 5.54 Å². The molecule has 66 valence electrons. The molecule has 1 aromatic rings. The second kappa shape index (κ2) is 2.33. The number of nitrogens with one attached hydrogen (secondary N) is 1. The van der Waals surface area contributed by atoms with Gasteiger partial charge in [0.05, 0.1) is 5.69 Å². The van der Waals surface area contributed by atoms with Gasteiger partial charge >= 0.3 is 0 Å². The first-order chi connectivity index (χ1) is 5.58. The molecule has 0 bridgehead atoms. The van der Waals surface area contributed by atoms with Gasteiger partial charge in [0.2, 0.25) is 0 Å². The van der Waals surface area contributed by atoms with Gasteiger partial charge in [-0.1, -0.05) is 0 Å². The molecule has 1 atom stereocenters. The van der Waals surface area contributed by atoms with Crippen LogP contribution in [0.5, 0.6) is 0 Å². The van der Waals surface area contributed by atoms with Crippen molar-refractivity contribution in [2.24, 2.45) is 5.73 Å². The van der Waals surface area contributed by atoms with Gasteiger partial charge < -0.3 is 5.73 Å². The third-order valence-corrected chi connectivity index (χ3v) is 2.67. The molecule has 0 amide bonds. The molecule has 0 aromatic carbocycles. The van der Waals surface area contributed by atoms with Gasteiger partial charge in [-0.15, -0.1) is 0 Å². The van der Waals surface area contributed by atoms with E-state index in [0.29, 0.717) is 0 Å². The molecule has 3 heteroatoms. The van der Waals surface area contributed by atoms with Crippen LogP contribution in [0.4, 0.5) is 0 Å². The standard InChI is InChI=1S/C9H15N3/c1-6-7-5-9(2,10)4-3-8(7)12-11-6/h3-5,10H2,1-2H3,(H,11,12). The van der Waals surface area contributed by atoms with Gasteiger partial charge in [0.1, 0.15) is 0 Å². The Hall–Kier alpha value is -0.830. The molecule has 1 unspecified atom stereocenters. The van der Waals surface area contributed by atoms with Crippen molar-refractivity contribution in [1.82, 2.24) is 10.2 Å². The van der Waals surface area contributed by atoms with Gasteiger partial charge in [-0.3, -0.25) is 5.10 Å². The zero-order chi connectivity index (χ0) is 8.77. The maximum atomic E-state index is 6.08. The maximum absolute atomic E-state index is 6.08. The molecule has 1 aliphatic rings. The number of hydrogen-bond donors (Lipinski definition) is 2. The van der Waals surface area contributed by atoms with Crippen LogP contribution in [0.15, 0.2) is 0 Å². The van der Waals surface area contributed by atoms with Crippen LogP contribution in [-0.4, -0.2) is 15.7 Å². The van der Waals surface area contributed by atoms with Crippen molar-refractivity contribution in [2.75, 3.05) is 0 Å². The van der Waals surface area contributed by atoms with Gasteiger partial charge in [-0.25, -0.2) is 0 Å². The van der Waals surface area contributed by atoms with Crippen molar-refractivity contribution in [3.8, 4) is 0 Å². The summed E-state index contributed by atoms with van der Waals surface area (Å²) in [5, 5.41) is 7.25.